The third kappa shape index (κ3) is 3.46. The second kappa shape index (κ2) is 7.18. The van der Waals surface area contributed by atoms with Crippen LogP contribution in [0.1, 0.15) is 12.0 Å². The average Bonchev–Trinajstić information content (AvgIpc) is 3.06. The van der Waals surface area contributed by atoms with Crippen molar-refractivity contribution in [2.75, 3.05) is 26.1 Å². The molecule has 0 aromatic heterocycles. The number of hydrogen-bond donors (Lipinski definition) is 0. The van der Waals surface area contributed by atoms with Crippen LogP contribution in [0, 0.1) is 0 Å². The fourth-order valence-electron chi connectivity index (χ4n) is 2.58. The van der Waals surface area contributed by atoms with E-state index in [2.05, 4.69) is 24.3 Å². The second-order valence-electron chi connectivity index (χ2n) is 5.09. The highest BCUT2D eigenvalue weighted by atomic mass is 32.2. The quantitative estimate of drug-likeness (QED) is 0.751. The maximum absolute atomic E-state index is 5.95. The van der Waals surface area contributed by atoms with Crippen LogP contribution in [0.2, 0.25) is 0 Å². The predicted octanol–water partition coefficient (Wildman–Crippen LogP) is 4.08. The SMILES string of the molecule is COc1ccc(SCCC2(c3ccccc3)OCCO2)cc1. The minimum atomic E-state index is -0.583. The minimum Gasteiger partial charge on any atom is -0.497 e. The molecule has 4 heteroatoms. The highest BCUT2D eigenvalue weighted by Crippen LogP contribution is 2.36. The lowest BCUT2D eigenvalue weighted by atomic mass is 10.0. The number of ether oxygens (including phenoxy) is 3. The lowest BCUT2D eigenvalue weighted by Crippen LogP contribution is -2.27. The van der Waals surface area contributed by atoms with Gasteiger partial charge in [0.2, 0.25) is 0 Å². The summed E-state index contributed by atoms with van der Waals surface area (Å²) in [6.45, 7) is 1.31. The largest absolute Gasteiger partial charge is 0.497 e. The van der Waals surface area contributed by atoms with Crippen LogP contribution in [0.4, 0.5) is 0 Å². The van der Waals surface area contributed by atoms with Crippen molar-refractivity contribution in [1.29, 1.82) is 0 Å². The van der Waals surface area contributed by atoms with Gasteiger partial charge in [-0.3, -0.25) is 0 Å². The molecule has 3 rings (SSSR count). The first kappa shape index (κ1) is 15.4. The van der Waals surface area contributed by atoms with E-state index in [1.54, 1.807) is 18.9 Å². The molecule has 1 aliphatic rings. The van der Waals surface area contributed by atoms with Gasteiger partial charge >= 0.3 is 0 Å². The molecule has 1 heterocycles. The van der Waals surface area contributed by atoms with Gasteiger partial charge in [-0.05, 0) is 24.3 Å². The molecule has 22 heavy (non-hydrogen) atoms. The van der Waals surface area contributed by atoms with Gasteiger partial charge in [-0.1, -0.05) is 30.3 Å². The maximum atomic E-state index is 5.95. The van der Waals surface area contributed by atoms with E-state index in [-0.39, 0.29) is 0 Å². The molecule has 2 aromatic carbocycles. The zero-order valence-corrected chi connectivity index (χ0v) is 13.5. The molecule has 116 valence electrons. The summed E-state index contributed by atoms with van der Waals surface area (Å²) in [4.78, 5) is 1.22. The molecule has 0 bridgehead atoms. The first-order chi connectivity index (χ1) is 10.8. The zero-order valence-electron chi connectivity index (χ0n) is 12.7. The van der Waals surface area contributed by atoms with Gasteiger partial charge in [0.25, 0.3) is 0 Å². The van der Waals surface area contributed by atoms with Crippen LogP contribution in [0.5, 0.6) is 5.75 Å². The number of rotatable bonds is 6. The number of benzene rings is 2. The third-order valence-corrected chi connectivity index (χ3v) is 4.74. The molecule has 0 N–H and O–H groups in total. The van der Waals surface area contributed by atoms with E-state index < -0.39 is 5.79 Å². The van der Waals surface area contributed by atoms with E-state index in [0.717, 1.165) is 23.5 Å². The van der Waals surface area contributed by atoms with Crippen LogP contribution in [0.3, 0.4) is 0 Å². The average molecular weight is 316 g/mol. The summed E-state index contributed by atoms with van der Waals surface area (Å²) >= 11 is 1.80. The van der Waals surface area contributed by atoms with E-state index in [1.807, 2.05) is 30.3 Å². The van der Waals surface area contributed by atoms with Crippen LogP contribution in [0.25, 0.3) is 0 Å². The molecule has 1 saturated heterocycles. The Labute approximate surface area is 135 Å². The highest BCUT2D eigenvalue weighted by molar-refractivity contribution is 7.99. The van der Waals surface area contributed by atoms with Crippen molar-refractivity contribution in [3.8, 4) is 5.75 Å². The molecule has 0 aliphatic carbocycles. The number of hydrogen-bond acceptors (Lipinski definition) is 4. The Hall–Kier alpha value is -1.49. The third-order valence-electron chi connectivity index (χ3n) is 3.73. The molecule has 0 spiro atoms. The molecule has 1 aliphatic heterocycles. The number of thioether (sulfide) groups is 1. The van der Waals surface area contributed by atoms with Gasteiger partial charge in [0, 0.05) is 22.6 Å². The van der Waals surface area contributed by atoms with Crippen LogP contribution in [0.15, 0.2) is 59.5 Å². The first-order valence-electron chi connectivity index (χ1n) is 7.43. The molecular formula is C18H20O3S. The van der Waals surface area contributed by atoms with Crippen molar-refractivity contribution in [3.05, 3.63) is 60.2 Å². The fraction of sp³-hybridized carbons (Fsp3) is 0.333. The van der Waals surface area contributed by atoms with E-state index in [0.29, 0.717) is 13.2 Å². The van der Waals surface area contributed by atoms with Crippen LogP contribution < -0.4 is 4.74 Å². The van der Waals surface area contributed by atoms with Gasteiger partial charge in [0.15, 0.2) is 5.79 Å². The maximum Gasteiger partial charge on any atom is 0.195 e. The fourth-order valence-corrected chi connectivity index (χ4v) is 3.51. The van der Waals surface area contributed by atoms with Crippen molar-refractivity contribution in [2.45, 2.75) is 17.1 Å². The second-order valence-corrected chi connectivity index (χ2v) is 6.26. The Morgan fingerprint density at radius 2 is 1.68 bits per heavy atom. The van der Waals surface area contributed by atoms with Gasteiger partial charge in [-0.2, -0.15) is 0 Å². The van der Waals surface area contributed by atoms with Crippen molar-refractivity contribution < 1.29 is 14.2 Å². The molecule has 2 aromatic rings. The van der Waals surface area contributed by atoms with Crippen LogP contribution in [-0.4, -0.2) is 26.1 Å². The lowest BCUT2D eigenvalue weighted by molar-refractivity contribution is -0.166. The molecule has 0 radical (unpaired) electrons. The first-order valence-corrected chi connectivity index (χ1v) is 8.41. The van der Waals surface area contributed by atoms with E-state index in [4.69, 9.17) is 14.2 Å². The lowest BCUT2D eigenvalue weighted by Gasteiger charge is -2.27. The van der Waals surface area contributed by atoms with Gasteiger partial charge in [-0.15, -0.1) is 11.8 Å². The minimum absolute atomic E-state index is 0.583. The smallest absolute Gasteiger partial charge is 0.195 e. The van der Waals surface area contributed by atoms with Gasteiger partial charge in [0.1, 0.15) is 5.75 Å². The van der Waals surface area contributed by atoms with Gasteiger partial charge in [0.05, 0.1) is 20.3 Å². The molecule has 0 saturated carbocycles. The van der Waals surface area contributed by atoms with Crippen molar-refractivity contribution >= 4 is 11.8 Å². The summed E-state index contributed by atoms with van der Waals surface area (Å²) in [6, 6.07) is 18.3. The summed E-state index contributed by atoms with van der Waals surface area (Å²) < 4.78 is 17.1. The monoisotopic (exact) mass is 316 g/mol. The summed E-state index contributed by atoms with van der Waals surface area (Å²) in [5.74, 6) is 1.23. The Morgan fingerprint density at radius 1 is 1.00 bits per heavy atom. The predicted molar refractivity (Wildman–Crippen MR) is 88.4 cm³/mol. The van der Waals surface area contributed by atoms with Crippen molar-refractivity contribution in [3.63, 3.8) is 0 Å². The van der Waals surface area contributed by atoms with Gasteiger partial charge in [-0.25, -0.2) is 0 Å². The van der Waals surface area contributed by atoms with E-state index in [9.17, 15) is 0 Å². The van der Waals surface area contributed by atoms with Crippen LogP contribution in [-0.2, 0) is 15.3 Å². The van der Waals surface area contributed by atoms with Crippen molar-refractivity contribution in [2.24, 2.45) is 0 Å². The topological polar surface area (TPSA) is 27.7 Å². The summed E-state index contributed by atoms with van der Waals surface area (Å²) in [5.41, 5.74) is 1.10. The summed E-state index contributed by atoms with van der Waals surface area (Å²) in [5, 5.41) is 0. The summed E-state index contributed by atoms with van der Waals surface area (Å²) in [6.07, 6.45) is 0.827. The van der Waals surface area contributed by atoms with E-state index in [1.165, 1.54) is 4.90 Å². The summed E-state index contributed by atoms with van der Waals surface area (Å²) in [7, 11) is 1.68. The molecule has 0 unspecified atom stereocenters. The van der Waals surface area contributed by atoms with E-state index >= 15 is 0 Å². The zero-order chi connectivity index (χ0) is 15.3. The van der Waals surface area contributed by atoms with Crippen LogP contribution >= 0.6 is 11.8 Å². The van der Waals surface area contributed by atoms with Crippen molar-refractivity contribution in [1.82, 2.24) is 0 Å². The molecule has 1 fully saturated rings. The standard InChI is InChI=1S/C18H20O3S/c1-19-16-7-9-17(10-8-16)22-14-11-18(20-12-13-21-18)15-5-3-2-4-6-15/h2-10H,11-14H2,1H3. The Kier molecular flexibility index (Phi) is 5.03. The number of methoxy groups -OCH3 is 1. The Bertz CT molecular complexity index is 577. The normalized spacial score (nSPS) is 16.6. The highest BCUT2D eigenvalue weighted by Gasteiger charge is 2.37. The Balaban J connectivity index is 1.62. The molecule has 0 amide bonds. The van der Waals surface area contributed by atoms with Gasteiger partial charge < -0.3 is 14.2 Å². The molecular weight excluding hydrogens is 296 g/mol. The molecule has 3 nitrogen and oxygen atoms in total. The Morgan fingerprint density at radius 3 is 2.32 bits per heavy atom. The molecule has 0 atom stereocenters.